The van der Waals surface area contributed by atoms with Gasteiger partial charge in [-0.3, -0.25) is 0 Å². The third kappa shape index (κ3) is 3.45. The van der Waals surface area contributed by atoms with Crippen molar-refractivity contribution in [3.63, 3.8) is 0 Å². The summed E-state index contributed by atoms with van der Waals surface area (Å²) in [6.45, 7) is 7.51. The van der Waals surface area contributed by atoms with Gasteiger partial charge in [0, 0.05) is 15.5 Å². The molecule has 2 unspecified atom stereocenters. The first-order chi connectivity index (χ1) is 12.5. The van der Waals surface area contributed by atoms with Crippen molar-refractivity contribution in [2.75, 3.05) is 6.61 Å². The molecule has 1 aliphatic rings. The van der Waals surface area contributed by atoms with Crippen LogP contribution in [0.5, 0.6) is 11.5 Å². The number of phenolic OH excluding ortho intramolecular Hbond substituents is 1. The minimum Gasteiger partial charge on any atom is -0.508 e. The molecule has 0 bridgehead atoms. The monoisotopic (exact) mass is 366 g/mol. The lowest BCUT2D eigenvalue weighted by Gasteiger charge is -2.13. The fourth-order valence-electron chi connectivity index (χ4n) is 3.78. The predicted molar refractivity (Wildman–Crippen MR) is 110 cm³/mol. The van der Waals surface area contributed by atoms with Crippen molar-refractivity contribution in [1.82, 2.24) is 0 Å². The molecule has 26 heavy (non-hydrogen) atoms. The Morgan fingerprint density at radius 1 is 1.04 bits per heavy atom. The highest BCUT2D eigenvalue weighted by molar-refractivity contribution is 7.19. The van der Waals surface area contributed by atoms with Gasteiger partial charge in [0.2, 0.25) is 0 Å². The third-order valence-corrected chi connectivity index (χ3v) is 6.92. The molecule has 2 nitrogen and oxygen atoms in total. The zero-order valence-corrected chi connectivity index (χ0v) is 16.5. The summed E-state index contributed by atoms with van der Waals surface area (Å²) in [7, 11) is 0. The number of fused-ring (bicyclic) bond motifs is 2. The first-order valence-electron chi connectivity index (χ1n) is 9.46. The van der Waals surface area contributed by atoms with Gasteiger partial charge in [-0.2, -0.15) is 0 Å². The number of thiophene rings is 1. The van der Waals surface area contributed by atoms with Gasteiger partial charge in [-0.1, -0.05) is 26.8 Å². The van der Waals surface area contributed by atoms with Crippen LogP contribution in [0, 0.1) is 11.8 Å². The molecule has 0 saturated heterocycles. The molecular weight excluding hydrogens is 340 g/mol. The van der Waals surface area contributed by atoms with Crippen LogP contribution in [0.3, 0.4) is 0 Å². The quantitative estimate of drug-likeness (QED) is 0.586. The van der Waals surface area contributed by atoms with Gasteiger partial charge in [0.25, 0.3) is 0 Å². The van der Waals surface area contributed by atoms with E-state index in [0.29, 0.717) is 18.3 Å². The summed E-state index contributed by atoms with van der Waals surface area (Å²) in [6, 6.07) is 14.4. The summed E-state index contributed by atoms with van der Waals surface area (Å²) < 4.78 is 7.25. The Morgan fingerprint density at radius 2 is 1.85 bits per heavy atom. The summed E-state index contributed by atoms with van der Waals surface area (Å²) in [6.07, 6.45) is 2.39. The maximum Gasteiger partial charge on any atom is 0.119 e. The molecule has 3 heteroatoms. The second kappa shape index (κ2) is 6.96. The van der Waals surface area contributed by atoms with Crippen molar-refractivity contribution in [3.8, 4) is 11.5 Å². The van der Waals surface area contributed by atoms with E-state index in [1.54, 1.807) is 17.4 Å². The number of hydrogen-bond acceptors (Lipinski definition) is 3. The molecule has 1 heterocycles. The normalized spacial score (nSPS) is 17.6. The molecule has 0 radical (unpaired) electrons. The van der Waals surface area contributed by atoms with Gasteiger partial charge in [0.1, 0.15) is 11.5 Å². The van der Waals surface area contributed by atoms with Crippen LogP contribution in [0.25, 0.3) is 10.1 Å². The minimum atomic E-state index is 0.325. The zero-order valence-electron chi connectivity index (χ0n) is 15.7. The summed E-state index contributed by atoms with van der Waals surface area (Å²) in [5.41, 5.74) is 2.96. The molecule has 0 spiro atoms. The molecule has 0 saturated carbocycles. The fraction of sp³-hybridized carbons (Fsp3) is 0.391. The van der Waals surface area contributed by atoms with E-state index in [0.717, 1.165) is 22.3 Å². The summed E-state index contributed by atoms with van der Waals surface area (Å²) >= 11 is 1.74. The number of benzene rings is 2. The molecular formula is C23H26O2S. The van der Waals surface area contributed by atoms with Gasteiger partial charge < -0.3 is 9.84 Å². The molecule has 1 aromatic heterocycles. The fourth-order valence-corrected chi connectivity index (χ4v) is 4.91. The van der Waals surface area contributed by atoms with Gasteiger partial charge in [-0.05, 0) is 77.6 Å². The lowest BCUT2D eigenvalue weighted by molar-refractivity contribution is 0.297. The van der Waals surface area contributed by atoms with E-state index in [4.69, 9.17) is 4.74 Å². The van der Waals surface area contributed by atoms with Crippen molar-refractivity contribution in [2.24, 2.45) is 11.8 Å². The number of rotatable bonds is 5. The molecule has 1 aliphatic carbocycles. The van der Waals surface area contributed by atoms with Gasteiger partial charge >= 0.3 is 0 Å². The molecule has 1 N–H and O–H groups in total. The molecule has 2 atom stereocenters. The van der Waals surface area contributed by atoms with Crippen molar-refractivity contribution in [3.05, 3.63) is 58.5 Å². The Morgan fingerprint density at radius 3 is 2.65 bits per heavy atom. The molecule has 3 aromatic rings. The molecule has 0 aliphatic heterocycles. The highest BCUT2D eigenvalue weighted by Gasteiger charge is 2.24. The van der Waals surface area contributed by atoms with Crippen LogP contribution in [0.2, 0.25) is 0 Å². The van der Waals surface area contributed by atoms with Crippen molar-refractivity contribution in [1.29, 1.82) is 0 Å². The third-order valence-electron chi connectivity index (χ3n) is 5.59. The summed E-state index contributed by atoms with van der Waals surface area (Å²) in [5, 5.41) is 10.8. The van der Waals surface area contributed by atoms with Crippen LogP contribution in [-0.2, 0) is 12.8 Å². The van der Waals surface area contributed by atoms with Crippen LogP contribution in [0.1, 0.15) is 42.7 Å². The van der Waals surface area contributed by atoms with Gasteiger partial charge in [0.05, 0.1) is 6.61 Å². The Bertz CT molecular complexity index is 925. The lowest BCUT2D eigenvalue weighted by Crippen LogP contribution is -2.07. The number of phenols is 1. The molecule has 0 fully saturated rings. The van der Waals surface area contributed by atoms with Crippen LogP contribution in [0.4, 0.5) is 0 Å². The highest BCUT2D eigenvalue weighted by Crippen LogP contribution is 2.35. The van der Waals surface area contributed by atoms with Crippen LogP contribution < -0.4 is 4.74 Å². The first-order valence-corrected chi connectivity index (χ1v) is 10.3. The topological polar surface area (TPSA) is 29.5 Å². The van der Waals surface area contributed by atoms with Gasteiger partial charge in [-0.25, -0.2) is 0 Å². The van der Waals surface area contributed by atoms with Crippen molar-refractivity contribution >= 4 is 21.4 Å². The minimum absolute atomic E-state index is 0.325. The van der Waals surface area contributed by atoms with E-state index in [1.807, 2.05) is 12.1 Å². The average Bonchev–Trinajstić information content (AvgIpc) is 3.22. The van der Waals surface area contributed by atoms with Crippen molar-refractivity contribution < 1.29 is 9.84 Å². The number of hydrogen-bond donors (Lipinski definition) is 1. The Hall–Kier alpha value is -2.00. The van der Waals surface area contributed by atoms with E-state index < -0.39 is 0 Å². The first kappa shape index (κ1) is 17.4. The predicted octanol–water partition coefficient (Wildman–Crippen LogP) is 6.16. The largest absolute Gasteiger partial charge is 0.508 e. The van der Waals surface area contributed by atoms with E-state index in [1.165, 1.54) is 34.2 Å². The second-order valence-electron chi connectivity index (χ2n) is 7.93. The average molecular weight is 367 g/mol. The number of aromatic hydroxyl groups is 1. The van der Waals surface area contributed by atoms with Crippen LogP contribution >= 0.6 is 11.3 Å². The maximum atomic E-state index is 9.64. The van der Waals surface area contributed by atoms with Gasteiger partial charge in [-0.15, -0.1) is 11.3 Å². The van der Waals surface area contributed by atoms with E-state index >= 15 is 0 Å². The molecule has 136 valence electrons. The smallest absolute Gasteiger partial charge is 0.119 e. The zero-order chi connectivity index (χ0) is 18.3. The summed E-state index contributed by atoms with van der Waals surface area (Å²) in [4.78, 5) is 1.30. The molecule has 0 amide bonds. The highest BCUT2D eigenvalue weighted by atomic mass is 32.1. The van der Waals surface area contributed by atoms with Crippen LogP contribution in [0.15, 0.2) is 42.5 Å². The Balaban J connectivity index is 1.43. The van der Waals surface area contributed by atoms with Crippen molar-refractivity contribution in [2.45, 2.75) is 39.5 Å². The van der Waals surface area contributed by atoms with E-state index in [-0.39, 0.29) is 0 Å². The van der Waals surface area contributed by atoms with Crippen LogP contribution in [-0.4, -0.2) is 11.7 Å². The van der Waals surface area contributed by atoms with Gasteiger partial charge in [0.15, 0.2) is 0 Å². The standard InChI is InChI=1S/C23H26O2S/c1-14(2)18-8-16-5-7-21(10-19(16)9-18)25-13-15(3)22-11-17-4-6-20(24)12-23(17)26-22/h4-7,10-12,14-15,18,24H,8-9,13H2,1-3H3. The van der Waals surface area contributed by atoms with E-state index in [9.17, 15) is 5.11 Å². The second-order valence-corrected chi connectivity index (χ2v) is 9.04. The Labute approximate surface area is 159 Å². The summed E-state index contributed by atoms with van der Waals surface area (Å²) in [5.74, 6) is 3.14. The maximum absolute atomic E-state index is 9.64. The molecule has 2 aromatic carbocycles. The Kier molecular flexibility index (Phi) is 4.66. The lowest BCUT2D eigenvalue weighted by atomic mass is 9.93. The number of ether oxygens (including phenoxy) is 1. The molecule has 4 rings (SSSR count). The SMILES string of the molecule is CC(COc1ccc2c(c1)CC(C(C)C)C2)c1cc2ccc(O)cc2s1. The van der Waals surface area contributed by atoms with E-state index in [2.05, 4.69) is 45.0 Å².